The lowest BCUT2D eigenvalue weighted by Crippen LogP contribution is -2.29. The first-order valence-electron chi connectivity index (χ1n) is 4.85. The monoisotopic (exact) mass is 154 g/mol. The Bertz CT molecular complexity index is 141. The van der Waals surface area contributed by atoms with Crippen molar-refractivity contribution in [3.8, 4) is 0 Å². The molecule has 11 heavy (non-hydrogen) atoms. The molecule has 2 atom stereocenters. The number of rotatable bonds is 0. The van der Waals surface area contributed by atoms with E-state index in [4.69, 9.17) is 0 Å². The van der Waals surface area contributed by atoms with Crippen LogP contribution in [0.3, 0.4) is 0 Å². The van der Waals surface area contributed by atoms with Crippen LogP contribution in [0.2, 0.25) is 0 Å². The Balaban J connectivity index is 2.69. The van der Waals surface area contributed by atoms with Crippen LogP contribution in [-0.2, 0) is 0 Å². The second kappa shape index (κ2) is 2.50. The molecule has 0 saturated heterocycles. The minimum absolute atomic E-state index is 0.498. The van der Waals surface area contributed by atoms with Gasteiger partial charge in [0, 0.05) is 0 Å². The molecular formula is C11H22. The zero-order chi connectivity index (χ0) is 8.70. The van der Waals surface area contributed by atoms with Crippen molar-refractivity contribution in [2.24, 2.45) is 16.7 Å². The fourth-order valence-electron chi connectivity index (χ4n) is 2.22. The van der Waals surface area contributed by atoms with Gasteiger partial charge in [0.1, 0.15) is 0 Å². The summed E-state index contributed by atoms with van der Waals surface area (Å²) in [6, 6.07) is 0. The Hall–Kier alpha value is 0. The van der Waals surface area contributed by atoms with Crippen molar-refractivity contribution in [2.45, 2.75) is 53.9 Å². The first kappa shape index (κ1) is 9.09. The Kier molecular flexibility index (Phi) is 2.07. The van der Waals surface area contributed by atoms with E-state index in [1.807, 2.05) is 0 Å². The zero-order valence-electron chi connectivity index (χ0n) is 8.70. The molecule has 66 valence electrons. The van der Waals surface area contributed by atoms with E-state index in [0.717, 1.165) is 5.92 Å². The molecule has 0 aromatic rings. The van der Waals surface area contributed by atoms with Gasteiger partial charge in [0.15, 0.2) is 0 Å². The van der Waals surface area contributed by atoms with Gasteiger partial charge in [0.2, 0.25) is 0 Å². The molecular weight excluding hydrogens is 132 g/mol. The van der Waals surface area contributed by atoms with Gasteiger partial charge in [-0.05, 0) is 29.6 Å². The fraction of sp³-hybridized carbons (Fsp3) is 1.00. The second-order valence-electron chi connectivity index (χ2n) is 5.66. The van der Waals surface area contributed by atoms with E-state index in [0.29, 0.717) is 10.8 Å². The van der Waals surface area contributed by atoms with Gasteiger partial charge in [-0.3, -0.25) is 0 Å². The molecule has 1 saturated carbocycles. The van der Waals surface area contributed by atoms with Crippen molar-refractivity contribution in [3.05, 3.63) is 0 Å². The third kappa shape index (κ3) is 1.60. The molecule has 0 bridgehead atoms. The summed E-state index contributed by atoms with van der Waals surface area (Å²) in [6.45, 7) is 12.0. The van der Waals surface area contributed by atoms with Gasteiger partial charge in [-0.2, -0.15) is 0 Å². The third-order valence-electron chi connectivity index (χ3n) is 3.80. The van der Waals surface area contributed by atoms with Gasteiger partial charge in [0.05, 0.1) is 0 Å². The van der Waals surface area contributed by atoms with Crippen LogP contribution >= 0.6 is 0 Å². The lowest BCUT2D eigenvalue weighted by Gasteiger charge is -2.39. The van der Waals surface area contributed by atoms with E-state index in [9.17, 15) is 0 Å². The standard InChI is InChI=1S/C11H22/c1-9-6-7-11(5,8-9)10(2,3)4/h9H,6-8H2,1-5H3. The molecule has 0 nitrogen and oxygen atoms in total. The summed E-state index contributed by atoms with van der Waals surface area (Å²) in [5, 5.41) is 0. The quantitative estimate of drug-likeness (QED) is 0.497. The summed E-state index contributed by atoms with van der Waals surface area (Å²) in [5.41, 5.74) is 1.10. The minimum Gasteiger partial charge on any atom is -0.0625 e. The van der Waals surface area contributed by atoms with E-state index in [-0.39, 0.29) is 0 Å². The van der Waals surface area contributed by atoms with E-state index < -0.39 is 0 Å². The molecule has 0 heteroatoms. The van der Waals surface area contributed by atoms with Gasteiger partial charge >= 0.3 is 0 Å². The molecule has 2 unspecified atom stereocenters. The van der Waals surface area contributed by atoms with E-state index >= 15 is 0 Å². The highest BCUT2D eigenvalue weighted by Gasteiger charge is 2.41. The van der Waals surface area contributed by atoms with Crippen LogP contribution in [0.5, 0.6) is 0 Å². The average Bonchev–Trinajstić information content (AvgIpc) is 2.10. The van der Waals surface area contributed by atoms with Crippen molar-refractivity contribution >= 4 is 0 Å². The van der Waals surface area contributed by atoms with Gasteiger partial charge in [-0.15, -0.1) is 0 Å². The molecule has 0 aromatic heterocycles. The Labute approximate surface area is 71.4 Å². The van der Waals surface area contributed by atoms with E-state index in [1.54, 1.807) is 0 Å². The average molecular weight is 154 g/mol. The molecule has 0 N–H and O–H groups in total. The Morgan fingerprint density at radius 1 is 1.27 bits per heavy atom. The van der Waals surface area contributed by atoms with Crippen LogP contribution in [0.4, 0.5) is 0 Å². The second-order valence-corrected chi connectivity index (χ2v) is 5.66. The molecule has 0 amide bonds. The first-order valence-corrected chi connectivity index (χ1v) is 4.85. The van der Waals surface area contributed by atoms with Crippen LogP contribution in [0.15, 0.2) is 0 Å². The Morgan fingerprint density at radius 3 is 2.00 bits per heavy atom. The number of hydrogen-bond acceptors (Lipinski definition) is 0. The lowest BCUT2D eigenvalue weighted by atomic mass is 9.66. The van der Waals surface area contributed by atoms with Crippen LogP contribution in [0.25, 0.3) is 0 Å². The predicted molar refractivity (Wildman–Crippen MR) is 50.6 cm³/mol. The van der Waals surface area contributed by atoms with Crippen molar-refractivity contribution in [3.63, 3.8) is 0 Å². The van der Waals surface area contributed by atoms with E-state index in [1.165, 1.54) is 19.3 Å². The maximum atomic E-state index is 2.45. The van der Waals surface area contributed by atoms with Gasteiger partial charge in [-0.1, -0.05) is 41.0 Å². The highest BCUT2D eigenvalue weighted by molar-refractivity contribution is 4.92. The van der Waals surface area contributed by atoms with Crippen molar-refractivity contribution < 1.29 is 0 Å². The molecule has 0 radical (unpaired) electrons. The summed E-state index contributed by atoms with van der Waals surface area (Å²) < 4.78 is 0. The zero-order valence-corrected chi connectivity index (χ0v) is 8.70. The molecule has 1 rings (SSSR count). The van der Waals surface area contributed by atoms with E-state index in [2.05, 4.69) is 34.6 Å². The van der Waals surface area contributed by atoms with Crippen LogP contribution < -0.4 is 0 Å². The van der Waals surface area contributed by atoms with Crippen LogP contribution in [0.1, 0.15) is 53.9 Å². The summed E-state index contributed by atoms with van der Waals surface area (Å²) in [7, 11) is 0. The normalized spacial score (nSPS) is 39.5. The highest BCUT2D eigenvalue weighted by atomic mass is 14.5. The van der Waals surface area contributed by atoms with Crippen LogP contribution in [0, 0.1) is 16.7 Å². The molecule has 0 heterocycles. The first-order chi connectivity index (χ1) is 4.85. The van der Waals surface area contributed by atoms with Crippen molar-refractivity contribution in [2.75, 3.05) is 0 Å². The fourth-order valence-corrected chi connectivity index (χ4v) is 2.22. The SMILES string of the molecule is CC1CCC(C)(C(C)(C)C)C1. The van der Waals surface area contributed by atoms with Crippen molar-refractivity contribution in [1.29, 1.82) is 0 Å². The molecule has 1 fully saturated rings. The largest absolute Gasteiger partial charge is 0.0625 e. The smallest absolute Gasteiger partial charge is 0.0275 e. The molecule has 1 aliphatic rings. The molecule has 0 spiro atoms. The lowest BCUT2D eigenvalue weighted by molar-refractivity contribution is 0.112. The minimum atomic E-state index is 0.498. The maximum Gasteiger partial charge on any atom is -0.0275 e. The highest BCUT2D eigenvalue weighted by Crippen LogP contribution is 2.52. The predicted octanol–water partition coefficient (Wildman–Crippen LogP) is 3.86. The summed E-state index contributed by atoms with van der Waals surface area (Å²) in [5.74, 6) is 0.958. The molecule has 0 aliphatic heterocycles. The number of hydrogen-bond donors (Lipinski definition) is 0. The molecule has 1 aliphatic carbocycles. The van der Waals surface area contributed by atoms with Gasteiger partial charge in [0.25, 0.3) is 0 Å². The topological polar surface area (TPSA) is 0 Å². The summed E-state index contributed by atoms with van der Waals surface area (Å²) in [4.78, 5) is 0. The van der Waals surface area contributed by atoms with Crippen molar-refractivity contribution in [1.82, 2.24) is 0 Å². The van der Waals surface area contributed by atoms with Crippen LogP contribution in [-0.4, -0.2) is 0 Å². The summed E-state index contributed by atoms with van der Waals surface area (Å²) >= 11 is 0. The summed E-state index contributed by atoms with van der Waals surface area (Å²) in [6.07, 6.45) is 4.29. The van der Waals surface area contributed by atoms with Gasteiger partial charge < -0.3 is 0 Å². The maximum absolute atomic E-state index is 2.45. The van der Waals surface area contributed by atoms with Gasteiger partial charge in [-0.25, -0.2) is 0 Å². The Morgan fingerprint density at radius 2 is 1.82 bits per heavy atom. The molecule has 0 aromatic carbocycles. The third-order valence-corrected chi connectivity index (χ3v) is 3.80.